The first-order valence-corrected chi connectivity index (χ1v) is 4.40. The van der Waals surface area contributed by atoms with Gasteiger partial charge in [-0.1, -0.05) is 13.8 Å². The van der Waals surface area contributed by atoms with Crippen LogP contribution in [0, 0.1) is 5.92 Å². The molecule has 0 aliphatic carbocycles. The highest BCUT2D eigenvalue weighted by molar-refractivity contribution is 5.84. The lowest BCUT2D eigenvalue weighted by Gasteiger charge is -2.30. The molecule has 2 heteroatoms. The van der Waals surface area contributed by atoms with Crippen LogP contribution >= 0.6 is 0 Å². The molecule has 0 saturated carbocycles. The molecule has 0 spiro atoms. The number of carbonyl (C=O) groups excluding carboxylic acids is 1. The summed E-state index contributed by atoms with van der Waals surface area (Å²) < 4.78 is 0. The average Bonchev–Trinajstić information content (AvgIpc) is 1.94. The normalized spacial score (nSPS) is 32.9. The fraction of sp³-hybridized carbons (Fsp3) is 0.889. The van der Waals surface area contributed by atoms with Crippen LogP contribution in [0.15, 0.2) is 0 Å². The summed E-state index contributed by atoms with van der Waals surface area (Å²) in [7, 11) is 0. The van der Waals surface area contributed by atoms with Gasteiger partial charge in [0, 0.05) is 12.5 Å². The van der Waals surface area contributed by atoms with Crippen LogP contribution in [0.1, 0.15) is 33.6 Å². The number of Topliss-reactive ketones (excluding diaryl/α,β-unsaturated/α-hetero) is 1. The zero-order valence-electron chi connectivity index (χ0n) is 7.55. The number of rotatable bonds is 1. The van der Waals surface area contributed by atoms with Gasteiger partial charge >= 0.3 is 0 Å². The van der Waals surface area contributed by atoms with Crippen LogP contribution in [0.2, 0.25) is 0 Å². The van der Waals surface area contributed by atoms with Gasteiger partial charge in [-0.15, -0.1) is 0 Å². The Morgan fingerprint density at radius 1 is 1.55 bits per heavy atom. The number of ketones is 1. The Labute approximate surface area is 68.4 Å². The lowest BCUT2D eigenvalue weighted by atomic mass is 9.91. The highest BCUT2D eigenvalue weighted by Gasteiger charge is 2.25. The van der Waals surface area contributed by atoms with Crippen LogP contribution in [-0.2, 0) is 4.79 Å². The average molecular weight is 155 g/mol. The Balaban J connectivity index is 2.46. The van der Waals surface area contributed by atoms with Gasteiger partial charge in [-0.3, -0.25) is 4.79 Å². The standard InChI is InChI=1S/C9H17NO/c1-6(2)8-4-5-9(11)7(3)10-8/h6-8,10H,4-5H2,1-3H3. The molecule has 2 atom stereocenters. The predicted octanol–water partition coefficient (Wildman–Crippen LogP) is 1.35. The zero-order chi connectivity index (χ0) is 8.43. The molecule has 1 rings (SSSR count). The number of nitrogens with one attached hydrogen (secondary N) is 1. The third-order valence-electron chi connectivity index (χ3n) is 2.45. The first kappa shape index (κ1) is 8.72. The minimum atomic E-state index is 0.0798. The second kappa shape index (κ2) is 3.35. The van der Waals surface area contributed by atoms with Crippen LogP contribution in [0.25, 0.3) is 0 Å². The van der Waals surface area contributed by atoms with Crippen LogP contribution < -0.4 is 5.32 Å². The summed E-state index contributed by atoms with van der Waals surface area (Å²) in [5.74, 6) is 1.01. The Morgan fingerprint density at radius 2 is 2.18 bits per heavy atom. The quantitative estimate of drug-likeness (QED) is 0.619. The molecular formula is C9H17NO. The van der Waals surface area contributed by atoms with Crippen molar-refractivity contribution < 1.29 is 4.79 Å². The number of hydrogen-bond donors (Lipinski definition) is 1. The van der Waals surface area contributed by atoms with Crippen LogP contribution in [0.5, 0.6) is 0 Å². The highest BCUT2D eigenvalue weighted by atomic mass is 16.1. The molecule has 0 radical (unpaired) electrons. The summed E-state index contributed by atoms with van der Waals surface area (Å²) >= 11 is 0. The molecule has 2 nitrogen and oxygen atoms in total. The van der Waals surface area contributed by atoms with Crippen LogP contribution in [0.3, 0.4) is 0 Å². The second-order valence-electron chi connectivity index (χ2n) is 3.74. The van der Waals surface area contributed by atoms with Gasteiger partial charge < -0.3 is 5.32 Å². The molecule has 1 fully saturated rings. The summed E-state index contributed by atoms with van der Waals surface area (Å²) in [5.41, 5.74) is 0. The molecule has 0 aromatic heterocycles. The summed E-state index contributed by atoms with van der Waals surface area (Å²) in [4.78, 5) is 11.1. The van der Waals surface area contributed by atoms with E-state index in [1.54, 1.807) is 0 Å². The third-order valence-corrected chi connectivity index (χ3v) is 2.45. The van der Waals surface area contributed by atoms with Gasteiger partial charge in [0.05, 0.1) is 6.04 Å². The molecule has 1 aliphatic rings. The van der Waals surface area contributed by atoms with Gasteiger partial charge in [-0.25, -0.2) is 0 Å². The van der Waals surface area contributed by atoms with Gasteiger partial charge in [0.1, 0.15) is 5.78 Å². The van der Waals surface area contributed by atoms with Gasteiger partial charge in [-0.05, 0) is 19.3 Å². The van der Waals surface area contributed by atoms with E-state index in [-0.39, 0.29) is 6.04 Å². The van der Waals surface area contributed by atoms with Crippen LogP contribution in [-0.4, -0.2) is 17.9 Å². The van der Waals surface area contributed by atoms with Crippen molar-refractivity contribution >= 4 is 5.78 Å². The van der Waals surface area contributed by atoms with Crippen molar-refractivity contribution in [3.05, 3.63) is 0 Å². The van der Waals surface area contributed by atoms with Crippen molar-refractivity contribution in [2.45, 2.75) is 45.7 Å². The Hall–Kier alpha value is -0.370. The van der Waals surface area contributed by atoms with E-state index in [0.29, 0.717) is 17.7 Å². The minimum absolute atomic E-state index is 0.0798. The van der Waals surface area contributed by atoms with E-state index in [9.17, 15) is 4.79 Å². The van der Waals surface area contributed by atoms with Gasteiger partial charge in [-0.2, -0.15) is 0 Å². The molecule has 0 aromatic rings. The van der Waals surface area contributed by atoms with Crippen LogP contribution in [0.4, 0.5) is 0 Å². The van der Waals surface area contributed by atoms with Crippen molar-refractivity contribution in [3.8, 4) is 0 Å². The zero-order valence-corrected chi connectivity index (χ0v) is 7.55. The monoisotopic (exact) mass is 155 g/mol. The van der Waals surface area contributed by atoms with Gasteiger partial charge in [0.25, 0.3) is 0 Å². The summed E-state index contributed by atoms with van der Waals surface area (Å²) in [5, 5.41) is 3.32. The van der Waals surface area contributed by atoms with E-state index in [2.05, 4.69) is 19.2 Å². The topological polar surface area (TPSA) is 29.1 Å². The fourth-order valence-corrected chi connectivity index (χ4v) is 1.54. The number of piperidine rings is 1. The molecule has 1 heterocycles. The van der Waals surface area contributed by atoms with E-state index in [1.807, 2.05) is 6.92 Å². The van der Waals surface area contributed by atoms with E-state index < -0.39 is 0 Å². The number of hydrogen-bond acceptors (Lipinski definition) is 2. The molecule has 64 valence electrons. The van der Waals surface area contributed by atoms with Crippen molar-refractivity contribution in [1.29, 1.82) is 0 Å². The van der Waals surface area contributed by atoms with Crippen molar-refractivity contribution in [2.75, 3.05) is 0 Å². The van der Waals surface area contributed by atoms with Crippen molar-refractivity contribution in [2.24, 2.45) is 5.92 Å². The second-order valence-corrected chi connectivity index (χ2v) is 3.74. The molecule has 0 amide bonds. The maximum absolute atomic E-state index is 11.1. The molecule has 1 saturated heterocycles. The Kier molecular flexibility index (Phi) is 2.66. The lowest BCUT2D eigenvalue weighted by molar-refractivity contribution is -0.122. The summed E-state index contributed by atoms with van der Waals surface area (Å²) in [6, 6.07) is 0.624. The molecule has 11 heavy (non-hydrogen) atoms. The molecule has 0 bridgehead atoms. The molecule has 1 aliphatic heterocycles. The van der Waals surface area contributed by atoms with Crippen molar-refractivity contribution in [1.82, 2.24) is 5.32 Å². The van der Waals surface area contributed by atoms with E-state index >= 15 is 0 Å². The SMILES string of the molecule is CC1NC(C(C)C)CCC1=O. The molecule has 0 aromatic carbocycles. The lowest BCUT2D eigenvalue weighted by Crippen LogP contribution is -2.48. The minimum Gasteiger partial charge on any atom is -0.305 e. The predicted molar refractivity (Wildman–Crippen MR) is 45.5 cm³/mol. The Bertz CT molecular complexity index is 154. The first-order chi connectivity index (χ1) is 5.11. The first-order valence-electron chi connectivity index (χ1n) is 4.40. The smallest absolute Gasteiger partial charge is 0.149 e. The van der Waals surface area contributed by atoms with E-state index in [4.69, 9.17) is 0 Å². The van der Waals surface area contributed by atoms with E-state index in [1.165, 1.54) is 0 Å². The van der Waals surface area contributed by atoms with E-state index in [0.717, 1.165) is 12.8 Å². The maximum Gasteiger partial charge on any atom is 0.149 e. The Morgan fingerprint density at radius 3 is 2.64 bits per heavy atom. The molecule has 1 N–H and O–H groups in total. The molecule has 2 unspecified atom stereocenters. The van der Waals surface area contributed by atoms with Gasteiger partial charge in [0.15, 0.2) is 0 Å². The third kappa shape index (κ3) is 2.03. The fourth-order valence-electron chi connectivity index (χ4n) is 1.54. The highest BCUT2D eigenvalue weighted by Crippen LogP contribution is 2.15. The largest absolute Gasteiger partial charge is 0.305 e. The molecular weight excluding hydrogens is 138 g/mol. The van der Waals surface area contributed by atoms with Gasteiger partial charge in [0.2, 0.25) is 0 Å². The van der Waals surface area contributed by atoms with Crippen molar-refractivity contribution in [3.63, 3.8) is 0 Å². The maximum atomic E-state index is 11.1. The number of carbonyl (C=O) groups is 1. The summed E-state index contributed by atoms with van der Waals surface area (Å²) in [6.45, 7) is 6.34. The summed E-state index contributed by atoms with van der Waals surface area (Å²) in [6.07, 6.45) is 1.78.